The van der Waals surface area contributed by atoms with E-state index in [1.54, 1.807) is 14.2 Å². The second kappa shape index (κ2) is 10.5. The van der Waals surface area contributed by atoms with E-state index in [2.05, 4.69) is 59.6 Å². The minimum absolute atomic E-state index is 0. The van der Waals surface area contributed by atoms with Crippen molar-refractivity contribution in [3.05, 3.63) is 47.7 Å². The Hall–Kier alpha value is -1.77. The molecule has 0 unspecified atom stereocenters. The van der Waals surface area contributed by atoms with Crippen LogP contribution in [0.15, 0.2) is 39.9 Å². The molecule has 7 heteroatoms. The van der Waals surface area contributed by atoms with Crippen LogP contribution in [0, 0.1) is 0 Å². The highest BCUT2D eigenvalue weighted by Gasteiger charge is 2.37. The largest absolute Gasteiger partial charge is 0.496 e. The second-order valence-corrected chi connectivity index (χ2v) is 8.84. The van der Waals surface area contributed by atoms with Gasteiger partial charge in [0.25, 0.3) is 0 Å². The third-order valence-corrected chi connectivity index (χ3v) is 5.76. The topological polar surface area (TPSA) is 71.7 Å². The first-order chi connectivity index (χ1) is 13.9. The van der Waals surface area contributed by atoms with Crippen molar-refractivity contribution in [2.75, 3.05) is 20.7 Å². The van der Waals surface area contributed by atoms with Gasteiger partial charge in [0.05, 0.1) is 19.9 Å². The van der Waals surface area contributed by atoms with Crippen molar-refractivity contribution in [2.45, 2.75) is 63.8 Å². The number of nitrogens with zero attached hydrogens (tertiary/aromatic N) is 2. The maximum atomic E-state index is 5.87. The number of methoxy groups -OCH3 is 1. The first kappa shape index (κ1) is 24.5. The summed E-state index contributed by atoms with van der Waals surface area (Å²) >= 11 is 0. The van der Waals surface area contributed by atoms with Crippen LogP contribution in [0.25, 0.3) is 0 Å². The van der Waals surface area contributed by atoms with Gasteiger partial charge in [0, 0.05) is 30.0 Å². The summed E-state index contributed by atoms with van der Waals surface area (Å²) in [5, 5.41) is 6.85. The van der Waals surface area contributed by atoms with Gasteiger partial charge in [0.1, 0.15) is 11.5 Å². The Kier molecular flexibility index (Phi) is 8.58. The van der Waals surface area contributed by atoms with Gasteiger partial charge in [-0.25, -0.2) is 4.98 Å². The maximum absolute atomic E-state index is 5.87. The number of halogens is 1. The fourth-order valence-corrected chi connectivity index (χ4v) is 4.05. The molecule has 1 aliphatic carbocycles. The summed E-state index contributed by atoms with van der Waals surface area (Å²) < 4.78 is 11.5. The minimum Gasteiger partial charge on any atom is -0.496 e. The first-order valence-corrected chi connectivity index (χ1v) is 10.4. The fourth-order valence-electron chi connectivity index (χ4n) is 4.05. The van der Waals surface area contributed by atoms with Gasteiger partial charge in [-0.05, 0) is 18.9 Å². The molecule has 6 nitrogen and oxygen atoms in total. The van der Waals surface area contributed by atoms with Crippen molar-refractivity contribution >= 4 is 29.9 Å². The van der Waals surface area contributed by atoms with Gasteiger partial charge in [0.15, 0.2) is 5.96 Å². The summed E-state index contributed by atoms with van der Waals surface area (Å²) in [5.41, 5.74) is 1.30. The monoisotopic (exact) mass is 526 g/mol. The molecule has 3 rings (SSSR count). The summed E-state index contributed by atoms with van der Waals surface area (Å²) in [6, 6.07) is 8.38. The molecule has 0 radical (unpaired) electrons. The molecule has 0 atom stereocenters. The van der Waals surface area contributed by atoms with Gasteiger partial charge in [0.2, 0.25) is 5.89 Å². The van der Waals surface area contributed by atoms with Gasteiger partial charge in [-0.2, -0.15) is 0 Å². The third-order valence-electron chi connectivity index (χ3n) is 5.76. The summed E-state index contributed by atoms with van der Waals surface area (Å²) in [6.07, 6.45) is 6.57. The lowest BCUT2D eigenvalue weighted by Crippen LogP contribution is -2.44. The van der Waals surface area contributed by atoms with E-state index in [1.807, 2.05) is 12.3 Å². The molecular weight excluding hydrogens is 491 g/mol. The van der Waals surface area contributed by atoms with Gasteiger partial charge in [-0.15, -0.1) is 24.0 Å². The Morgan fingerprint density at radius 1 is 1.20 bits per heavy atom. The van der Waals surface area contributed by atoms with Crippen LogP contribution in [0.1, 0.15) is 63.7 Å². The number of benzene rings is 1. The van der Waals surface area contributed by atoms with E-state index in [0.717, 1.165) is 36.9 Å². The molecule has 1 saturated carbocycles. The number of ether oxygens (including phenoxy) is 1. The van der Waals surface area contributed by atoms with E-state index in [0.29, 0.717) is 12.4 Å². The van der Waals surface area contributed by atoms with Crippen LogP contribution in [0.5, 0.6) is 5.75 Å². The Morgan fingerprint density at radius 3 is 2.50 bits per heavy atom. The van der Waals surface area contributed by atoms with E-state index in [-0.39, 0.29) is 34.8 Å². The average molecular weight is 526 g/mol. The van der Waals surface area contributed by atoms with E-state index in [1.165, 1.54) is 18.4 Å². The highest BCUT2D eigenvalue weighted by Crippen LogP contribution is 2.44. The molecule has 1 aliphatic rings. The Balaban J connectivity index is 0.00000320. The predicted octanol–water partition coefficient (Wildman–Crippen LogP) is 4.78. The lowest BCUT2D eigenvalue weighted by atomic mass is 9.78. The molecule has 166 valence electrons. The minimum atomic E-state index is -0.0469. The molecule has 0 aliphatic heterocycles. The second-order valence-electron chi connectivity index (χ2n) is 8.84. The Morgan fingerprint density at radius 2 is 1.90 bits per heavy atom. The molecule has 1 aromatic heterocycles. The lowest BCUT2D eigenvalue weighted by molar-refractivity contribution is 0.370. The number of nitrogens with one attached hydrogen (secondary N) is 2. The summed E-state index contributed by atoms with van der Waals surface area (Å²) in [7, 11) is 3.54. The lowest BCUT2D eigenvalue weighted by Gasteiger charge is -2.32. The Bertz CT molecular complexity index is 836. The number of hydrogen-bond donors (Lipinski definition) is 2. The van der Waals surface area contributed by atoms with Crippen LogP contribution in [-0.2, 0) is 17.4 Å². The number of guanidine groups is 1. The Labute approximate surface area is 197 Å². The molecule has 1 fully saturated rings. The van der Waals surface area contributed by atoms with Crippen molar-refractivity contribution in [1.82, 2.24) is 15.6 Å². The number of rotatable bonds is 6. The predicted molar refractivity (Wildman–Crippen MR) is 132 cm³/mol. The number of aromatic nitrogens is 1. The quantitative estimate of drug-likeness (QED) is 0.322. The van der Waals surface area contributed by atoms with Crippen molar-refractivity contribution < 1.29 is 9.15 Å². The number of aliphatic imine (C=N–C) groups is 1. The van der Waals surface area contributed by atoms with Gasteiger partial charge in [-0.3, -0.25) is 4.99 Å². The van der Waals surface area contributed by atoms with Gasteiger partial charge in [-0.1, -0.05) is 51.8 Å². The van der Waals surface area contributed by atoms with Crippen LogP contribution in [0.2, 0.25) is 0 Å². The normalized spacial score (nSPS) is 16.1. The number of para-hydroxylation sites is 1. The van der Waals surface area contributed by atoms with E-state index < -0.39 is 0 Å². The van der Waals surface area contributed by atoms with Crippen LogP contribution in [0.3, 0.4) is 0 Å². The van der Waals surface area contributed by atoms with E-state index in [9.17, 15) is 0 Å². The van der Waals surface area contributed by atoms with Gasteiger partial charge >= 0.3 is 0 Å². The number of hydrogen-bond acceptors (Lipinski definition) is 4. The molecule has 0 spiro atoms. The molecule has 0 saturated heterocycles. The maximum Gasteiger partial charge on any atom is 0.213 e. The highest BCUT2D eigenvalue weighted by molar-refractivity contribution is 14.0. The van der Waals surface area contributed by atoms with Gasteiger partial charge < -0.3 is 19.8 Å². The highest BCUT2D eigenvalue weighted by atomic mass is 127. The SMILES string of the molecule is CN=C(NCc1ncc(C(C)(C)C)o1)NCC1(c2ccccc2OC)CCCC1.I. The number of oxazole rings is 1. The zero-order valence-corrected chi connectivity index (χ0v) is 21.1. The van der Waals surface area contributed by atoms with E-state index in [4.69, 9.17) is 9.15 Å². The molecule has 30 heavy (non-hydrogen) atoms. The average Bonchev–Trinajstić information content (AvgIpc) is 3.38. The van der Waals surface area contributed by atoms with Crippen LogP contribution >= 0.6 is 24.0 Å². The zero-order chi connectivity index (χ0) is 20.9. The van der Waals surface area contributed by atoms with Crippen LogP contribution in [0.4, 0.5) is 0 Å². The summed E-state index contributed by atoms with van der Waals surface area (Å²) in [5.74, 6) is 3.27. The zero-order valence-electron chi connectivity index (χ0n) is 18.7. The molecular formula is C23H35IN4O2. The van der Waals surface area contributed by atoms with Crippen molar-refractivity contribution in [3.8, 4) is 5.75 Å². The molecule has 0 bridgehead atoms. The standard InChI is InChI=1S/C23H34N4O2.HI/c1-22(2,3)19-14-25-20(29-19)15-26-21(24-4)27-16-23(12-8-9-13-23)17-10-6-7-11-18(17)28-5;/h6-7,10-11,14H,8-9,12-13,15-16H2,1-5H3,(H2,24,26,27);1H. The third kappa shape index (κ3) is 5.68. The summed E-state index contributed by atoms with van der Waals surface area (Å²) in [4.78, 5) is 8.76. The molecule has 2 N–H and O–H groups in total. The van der Waals surface area contributed by atoms with E-state index >= 15 is 0 Å². The van der Waals surface area contributed by atoms with Crippen molar-refractivity contribution in [1.29, 1.82) is 0 Å². The molecule has 2 aromatic rings. The van der Waals surface area contributed by atoms with Crippen LogP contribution < -0.4 is 15.4 Å². The molecule has 0 amide bonds. The summed E-state index contributed by atoms with van der Waals surface area (Å²) in [6.45, 7) is 7.65. The molecule has 1 aromatic carbocycles. The van der Waals surface area contributed by atoms with Crippen molar-refractivity contribution in [3.63, 3.8) is 0 Å². The first-order valence-electron chi connectivity index (χ1n) is 10.4. The fraction of sp³-hybridized carbons (Fsp3) is 0.565. The van der Waals surface area contributed by atoms with Crippen LogP contribution in [-0.4, -0.2) is 31.6 Å². The van der Waals surface area contributed by atoms with Crippen molar-refractivity contribution in [2.24, 2.45) is 4.99 Å². The molecule has 1 heterocycles. The smallest absolute Gasteiger partial charge is 0.213 e.